The van der Waals surface area contributed by atoms with Gasteiger partial charge in [0.15, 0.2) is 0 Å². The van der Waals surface area contributed by atoms with Crippen LogP contribution in [0.2, 0.25) is 0 Å². The van der Waals surface area contributed by atoms with Gasteiger partial charge in [-0.1, -0.05) is 11.8 Å². The van der Waals surface area contributed by atoms with Crippen LogP contribution in [0.25, 0.3) is 0 Å². The van der Waals surface area contributed by atoms with Crippen molar-refractivity contribution >= 4 is 17.2 Å². The van der Waals surface area contributed by atoms with Gasteiger partial charge < -0.3 is 15.6 Å². The molecule has 1 aliphatic heterocycles. The van der Waals surface area contributed by atoms with E-state index < -0.39 is 0 Å². The lowest BCUT2D eigenvalue weighted by atomic mass is 10.2. The molecule has 1 aromatic rings. The van der Waals surface area contributed by atoms with Crippen LogP contribution in [0.4, 0.5) is 0 Å². The second-order valence-corrected chi connectivity index (χ2v) is 5.67. The first-order valence-corrected chi connectivity index (χ1v) is 7.32. The third-order valence-corrected chi connectivity index (χ3v) is 4.02. The highest BCUT2D eigenvalue weighted by atomic mass is 32.1. The second-order valence-electron chi connectivity index (χ2n) is 4.50. The van der Waals surface area contributed by atoms with Crippen molar-refractivity contribution in [2.75, 3.05) is 26.4 Å². The van der Waals surface area contributed by atoms with Crippen LogP contribution < -0.4 is 5.73 Å². The maximum absolute atomic E-state index is 11.4. The highest BCUT2D eigenvalue weighted by Gasteiger charge is 2.27. The number of nitrogens with two attached hydrogens (primary N) is 1. The van der Waals surface area contributed by atoms with Gasteiger partial charge in [-0.2, -0.15) is 0 Å². The molecule has 3 N–H and O–H groups in total. The van der Waals surface area contributed by atoms with E-state index >= 15 is 0 Å². The molecule has 2 heterocycles. The Hall–Kier alpha value is -1.39. The van der Waals surface area contributed by atoms with Gasteiger partial charge in [-0.15, -0.1) is 11.3 Å². The Bertz CT molecular complexity index is 518. The van der Waals surface area contributed by atoms with E-state index in [-0.39, 0.29) is 18.6 Å². The SMILES string of the molecule is NC(=O)C1COCCN1Cc1ccc(C#CCCO)s1. The highest BCUT2D eigenvalue weighted by Crippen LogP contribution is 2.19. The Morgan fingerprint density at radius 2 is 2.45 bits per heavy atom. The minimum absolute atomic E-state index is 0.0826. The smallest absolute Gasteiger partial charge is 0.237 e. The summed E-state index contributed by atoms with van der Waals surface area (Å²) in [5.41, 5.74) is 5.39. The summed E-state index contributed by atoms with van der Waals surface area (Å²) in [6.07, 6.45) is 0.487. The van der Waals surface area contributed by atoms with Crippen molar-refractivity contribution in [3.05, 3.63) is 21.9 Å². The molecule has 0 spiro atoms. The fraction of sp³-hybridized carbons (Fsp3) is 0.500. The third-order valence-electron chi connectivity index (χ3n) is 3.04. The number of primary amides is 1. The predicted octanol–water partition coefficient (Wildman–Crippen LogP) is 0.168. The molecule has 108 valence electrons. The first-order chi connectivity index (χ1) is 9.70. The minimum Gasteiger partial charge on any atom is -0.395 e. The normalized spacial score (nSPS) is 19.4. The zero-order valence-corrected chi connectivity index (χ0v) is 12.0. The fourth-order valence-corrected chi connectivity index (χ4v) is 2.93. The van der Waals surface area contributed by atoms with Crippen LogP contribution in [0.3, 0.4) is 0 Å². The number of morpholine rings is 1. The molecule has 20 heavy (non-hydrogen) atoms. The molecule has 0 bridgehead atoms. The number of carbonyl (C=O) groups excluding carboxylic acids is 1. The summed E-state index contributed by atoms with van der Waals surface area (Å²) in [6, 6.07) is 3.63. The number of aliphatic hydroxyl groups excluding tert-OH is 1. The molecule has 1 saturated heterocycles. The second kappa shape index (κ2) is 7.41. The monoisotopic (exact) mass is 294 g/mol. The van der Waals surface area contributed by atoms with Crippen molar-refractivity contribution in [1.29, 1.82) is 0 Å². The molecule has 1 fully saturated rings. The Morgan fingerprint density at radius 1 is 1.60 bits per heavy atom. The van der Waals surface area contributed by atoms with E-state index in [2.05, 4.69) is 11.8 Å². The lowest BCUT2D eigenvalue weighted by molar-refractivity contribution is -0.129. The Morgan fingerprint density at radius 3 is 3.20 bits per heavy atom. The topological polar surface area (TPSA) is 75.8 Å². The zero-order chi connectivity index (χ0) is 14.4. The summed E-state index contributed by atoms with van der Waals surface area (Å²) in [5, 5.41) is 8.69. The van der Waals surface area contributed by atoms with Crippen LogP contribution in [0.15, 0.2) is 12.1 Å². The Kier molecular flexibility index (Phi) is 5.56. The lowest BCUT2D eigenvalue weighted by Gasteiger charge is -2.32. The van der Waals surface area contributed by atoms with Crippen molar-refractivity contribution in [3.63, 3.8) is 0 Å². The highest BCUT2D eigenvalue weighted by molar-refractivity contribution is 7.12. The number of nitrogens with zero attached hydrogens (tertiary/aromatic N) is 1. The van der Waals surface area contributed by atoms with E-state index in [4.69, 9.17) is 15.6 Å². The van der Waals surface area contributed by atoms with Gasteiger partial charge in [0.1, 0.15) is 6.04 Å². The molecule has 5 nitrogen and oxygen atoms in total. The number of ether oxygens (including phenoxy) is 1. The summed E-state index contributed by atoms with van der Waals surface area (Å²) in [5.74, 6) is 5.57. The minimum atomic E-state index is -0.352. The number of amides is 1. The van der Waals surface area contributed by atoms with Crippen molar-refractivity contribution < 1.29 is 14.6 Å². The summed E-state index contributed by atoms with van der Waals surface area (Å²) >= 11 is 1.60. The zero-order valence-electron chi connectivity index (χ0n) is 11.2. The molecule has 0 aliphatic carbocycles. The average molecular weight is 294 g/mol. The van der Waals surface area contributed by atoms with Crippen LogP contribution in [0.1, 0.15) is 16.2 Å². The molecule has 1 aromatic heterocycles. The van der Waals surface area contributed by atoms with Crippen molar-refractivity contribution in [1.82, 2.24) is 4.90 Å². The van der Waals surface area contributed by atoms with Gasteiger partial charge in [0.05, 0.1) is 24.7 Å². The maximum atomic E-state index is 11.4. The Labute approximate surface area is 122 Å². The van der Waals surface area contributed by atoms with Crippen LogP contribution in [-0.2, 0) is 16.1 Å². The summed E-state index contributed by atoms with van der Waals surface area (Å²) in [6.45, 7) is 2.46. The summed E-state index contributed by atoms with van der Waals surface area (Å²) in [4.78, 5) is 15.6. The maximum Gasteiger partial charge on any atom is 0.237 e. The molecule has 6 heteroatoms. The van der Waals surface area contributed by atoms with Gasteiger partial charge >= 0.3 is 0 Å². The molecule has 1 atom stereocenters. The van der Waals surface area contributed by atoms with E-state index in [1.165, 1.54) is 0 Å². The number of hydrogen-bond donors (Lipinski definition) is 2. The van der Waals surface area contributed by atoms with Gasteiger partial charge in [0, 0.05) is 24.4 Å². The average Bonchev–Trinajstić information content (AvgIpc) is 2.87. The molecule has 1 amide bonds. The number of aliphatic hydroxyl groups is 1. The summed E-state index contributed by atoms with van der Waals surface area (Å²) in [7, 11) is 0. The summed E-state index contributed by atoms with van der Waals surface area (Å²) < 4.78 is 5.30. The fourth-order valence-electron chi connectivity index (χ4n) is 2.03. The number of rotatable bonds is 4. The van der Waals surface area contributed by atoms with Gasteiger partial charge in [0.25, 0.3) is 0 Å². The van der Waals surface area contributed by atoms with Crippen molar-refractivity contribution in [3.8, 4) is 11.8 Å². The van der Waals surface area contributed by atoms with E-state index in [0.717, 1.165) is 9.75 Å². The molecule has 1 aliphatic rings. The van der Waals surface area contributed by atoms with E-state index in [1.54, 1.807) is 11.3 Å². The van der Waals surface area contributed by atoms with Crippen molar-refractivity contribution in [2.24, 2.45) is 5.73 Å². The standard InChI is InChI=1S/C14H18N2O3S/c15-14(18)13-10-19-8-6-16(13)9-12-5-4-11(20-12)3-1-2-7-17/h4-5,13,17H,2,6-10H2,(H2,15,18). The van der Waals surface area contributed by atoms with Gasteiger partial charge in [-0.3, -0.25) is 9.69 Å². The molecule has 0 radical (unpaired) electrons. The predicted molar refractivity (Wildman–Crippen MR) is 77.1 cm³/mol. The Balaban J connectivity index is 1.99. The molecule has 0 saturated carbocycles. The number of hydrogen-bond acceptors (Lipinski definition) is 5. The third kappa shape index (κ3) is 4.05. The molecule has 2 rings (SSSR count). The first kappa shape index (κ1) is 15.0. The largest absolute Gasteiger partial charge is 0.395 e. The van der Waals surface area contributed by atoms with Crippen molar-refractivity contribution in [2.45, 2.75) is 19.0 Å². The van der Waals surface area contributed by atoms with Crippen LogP contribution in [-0.4, -0.2) is 48.3 Å². The number of thiophene rings is 1. The first-order valence-electron chi connectivity index (χ1n) is 6.50. The molecule has 1 unspecified atom stereocenters. The quantitative estimate of drug-likeness (QED) is 0.776. The number of carbonyl (C=O) groups is 1. The van der Waals surface area contributed by atoms with Crippen LogP contribution in [0, 0.1) is 11.8 Å². The molecule has 0 aromatic carbocycles. The van der Waals surface area contributed by atoms with E-state index in [1.807, 2.05) is 17.0 Å². The van der Waals surface area contributed by atoms with Gasteiger partial charge in [0.2, 0.25) is 5.91 Å². The molecular weight excluding hydrogens is 276 g/mol. The molecular formula is C14H18N2O3S. The van der Waals surface area contributed by atoms with Crippen LogP contribution >= 0.6 is 11.3 Å². The van der Waals surface area contributed by atoms with E-state index in [0.29, 0.717) is 32.7 Å². The lowest BCUT2D eigenvalue weighted by Crippen LogP contribution is -2.51. The van der Waals surface area contributed by atoms with E-state index in [9.17, 15) is 4.79 Å². The van der Waals surface area contributed by atoms with Crippen LogP contribution in [0.5, 0.6) is 0 Å². The van der Waals surface area contributed by atoms with Gasteiger partial charge in [-0.05, 0) is 12.1 Å². The van der Waals surface area contributed by atoms with Gasteiger partial charge in [-0.25, -0.2) is 0 Å².